The van der Waals surface area contributed by atoms with Gasteiger partial charge in [-0.25, -0.2) is 0 Å². The Balaban J connectivity index is 2.11. The minimum atomic E-state index is 0.554. The molecule has 0 saturated heterocycles. The summed E-state index contributed by atoms with van der Waals surface area (Å²) in [5.41, 5.74) is 3.25. The Morgan fingerprint density at radius 1 is 1.19 bits per heavy atom. The summed E-state index contributed by atoms with van der Waals surface area (Å²) in [5.74, 6) is 0.754. The second kappa shape index (κ2) is 4.41. The smallest absolute Gasteiger partial charge is 0.0435 e. The first kappa shape index (κ1) is 12.0. The number of benzene rings is 1. The van der Waals surface area contributed by atoms with Crippen LogP contribution in [0.5, 0.6) is 0 Å². The summed E-state index contributed by atoms with van der Waals surface area (Å²) in [4.78, 5) is 0. The molecule has 16 heavy (non-hydrogen) atoms. The lowest BCUT2D eigenvalue weighted by molar-refractivity contribution is 0.224. The molecule has 0 spiro atoms. The second-order valence-corrected chi connectivity index (χ2v) is 6.35. The number of aryl methyl sites for hydroxylation is 1. The predicted octanol–water partition coefficient (Wildman–Crippen LogP) is 5.33. The molecule has 0 unspecified atom stereocenters. The zero-order valence-electron chi connectivity index (χ0n) is 10.5. The van der Waals surface area contributed by atoms with Gasteiger partial charge in [0.25, 0.3) is 0 Å². The third-order valence-corrected chi connectivity index (χ3v) is 4.42. The highest BCUT2D eigenvalue weighted by Crippen LogP contribution is 2.42. The van der Waals surface area contributed by atoms with Crippen molar-refractivity contribution in [1.82, 2.24) is 0 Å². The van der Waals surface area contributed by atoms with Crippen molar-refractivity contribution in [3.63, 3.8) is 0 Å². The monoisotopic (exact) mass is 236 g/mol. The molecule has 2 rings (SSSR count). The van der Waals surface area contributed by atoms with Crippen molar-refractivity contribution in [1.29, 1.82) is 0 Å². The SMILES string of the molecule is Cc1cc(C2CCC(C)(C)CC2)ccc1Cl. The topological polar surface area (TPSA) is 0 Å². The largest absolute Gasteiger partial charge is 0.0841 e. The van der Waals surface area contributed by atoms with E-state index in [0.717, 1.165) is 10.9 Å². The van der Waals surface area contributed by atoms with Crippen LogP contribution in [0.2, 0.25) is 5.02 Å². The molecule has 1 saturated carbocycles. The Morgan fingerprint density at radius 3 is 2.38 bits per heavy atom. The molecule has 0 aromatic heterocycles. The molecule has 1 heteroatoms. The van der Waals surface area contributed by atoms with E-state index in [-0.39, 0.29) is 0 Å². The third kappa shape index (κ3) is 2.60. The van der Waals surface area contributed by atoms with Gasteiger partial charge in [-0.15, -0.1) is 0 Å². The fraction of sp³-hybridized carbons (Fsp3) is 0.600. The molecule has 1 fully saturated rings. The van der Waals surface area contributed by atoms with Crippen molar-refractivity contribution in [2.24, 2.45) is 5.41 Å². The van der Waals surface area contributed by atoms with Crippen LogP contribution in [0.3, 0.4) is 0 Å². The molecular formula is C15H21Cl. The van der Waals surface area contributed by atoms with Crippen molar-refractivity contribution in [2.75, 3.05) is 0 Å². The molecule has 0 N–H and O–H groups in total. The number of rotatable bonds is 1. The first-order chi connectivity index (χ1) is 7.48. The van der Waals surface area contributed by atoms with Crippen LogP contribution in [0.1, 0.15) is 56.6 Å². The standard InChI is InChI=1S/C15H21Cl/c1-11-10-13(4-5-14(11)16)12-6-8-15(2,3)9-7-12/h4-5,10,12H,6-9H2,1-3H3. The van der Waals surface area contributed by atoms with E-state index in [1.165, 1.54) is 36.8 Å². The van der Waals surface area contributed by atoms with Crippen molar-refractivity contribution >= 4 is 11.6 Å². The highest BCUT2D eigenvalue weighted by atomic mass is 35.5. The molecular weight excluding hydrogens is 216 g/mol. The van der Waals surface area contributed by atoms with Gasteiger partial charge in [-0.3, -0.25) is 0 Å². The second-order valence-electron chi connectivity index (χ2n) is 5.95. The minimum Gasteiger partial charge on any atom is -0.0841 e. The van der Waals surface area contributed by atoms with Gasteiger partial charge in [0.2, 0.25) is 0 Å². The third-order valence-electron chi connectivity index (χ3n) is 3.99. The Morgan fingerprint density at radius 2 is 1.81 bits per heavy atom. The molecule has 0 atom stereocenters. The summed E-state index contributed by atoms with van der Waals surface area (Å²) in [6.45, 7) is 6.87. The first-order valence-electron chi connectivity index (χ1n) is 6.24. The maximum atomic E-state index is 6.06. The van der Waals surface area contributed by atoms with Crippen LogP contribution in [0.4, 0.5) is 0 Å². The molecule has 0 bridgehead atoms. The minimum absolute atomic E-state index is 0.554. The molecule has 0 radical (unpaired) electrons. The van der Waals surface area contributed by atoms with E-state index >= 15 is 0 Å². The van der Waals surface area contributed by atoms with E-state index in [1.54, 1.807) is 0 Å². The Kier molecular flexibility index (Phi) is 3.30. The van der Waals surface area contributed by atoms with Gasteiger partial charge in [0.1, 0.15) is 0 Å². The van der Waals surface area contributed by atoms with Crippen molar-refractivity contribution in [3.05, 3.63) is 34.3 Å². The Hall–Kier alpha value is -0.490. The molecule has 0 aliphatic heterocycles. The average Bonchev–Trinajstić information content (AvgIpc) is 2.22. The van der Waals surface area contributed by atoms with Crippen molar-refractivity contribution in [2.45, 2.75) is 52.4 Å². The van der Waals surface area contributed by atoms with Crippen LogP contribution < -0.4 is 0 Å². The Labute approximate surface area is 104 Å². The van der Waals surface area contributed by atoms with Crippen LogP contribution in [0.25, 0.3) is 0 Å². The maximum absolute atomic E-state index is 6.06. The van der Waals surface area contributed by atoms with Crippen LogP contribution in [-0.2, 0) is 0 Å². The summed E-state index contributed by atoms with van der Waals surface area (Å²) in [6, 6.07) is 6.52. The van der Waals surface area contributed by atoms with Crippen LogP contribution in [0, 0.1) is 12.3 Å². The fourth-order valence-corrected chi connectivity index (χ4v) is 2.77. The van der Waals surface area contributed by atoms with Crippen molar-refractivity contribution < 1.29 is 0 Å². The van der Waals surface area contributed by atoms with E-state index in [4.69, 9.17) is 11.6 Å². The summed E-state index contributed by atoms with van der Waals surface area (Å²) in [6.07, 6.45) is 5.35. The predicted molar refractivity (Wildman–Crippen MR) is 71.2 cm³/mol. The summed E-state index contributed by atoms with van der Waals surface area (Å²) < 4.78 is 0. The molecule has 0 amide bonds. The molecule has 0 nitrogen and oxygen atoms in total. The Bertz CT molecular complexity index is 369. The fourth-order valence-electron chi connectivity index (χ4n) is 2.65. The molecule has 0 heterocycles. The van der Waals surface area contributed by atoms with Gasteiger partial charge >= 0.3 is 0 Å². The van der Waals surface area contributed by atoms with Gasteiger partial charge in [-0.2, -0.15) is 0 Å². The first-order valence-corrected chi connectivity index (χ1v) is 6.62. The molecule has 1 aliphatic carbocycles. The lowest BCUT2D eigenvalue weighted by Crippen LogP contribution is -2.20. The van der Waals surface area contributed by atoms with Gasteiger partial charge in [-0.05, 0) is 61.1 Å². The molecule has 1 aliphatic rings. The molecule has 1 aromatic carbocycles. The zero-order chi connectivity index (χ0) is 11.8. The maximum Gasteiger partial charge on any atom is 0.0435 e. The van der Waals surface area contributed by atoms with Gasteiger partial charge in [0.15, 0.2) is 0 Å². The van der Waals surface area contributed by atoms with E-state index in [0.29, 0.717) is 5.41 Å². The average molecular weight is 237 g/mol. The quantitative estimate of drug-likeness (QED) is 0.618. The van der Waals surface area contributed by atoms with E-state index in [2.05, 4.69) is 32.9 Å². The summed E-state index contributed by atoms with van der Waals surface area (Å²) >= 11 is 6.06. The number of hydrogen-bond donors (Lipinski definition) is 0. The number of hydrogen-bond acceptors (Lipinski definition) is 0. The van der Waals surface area contributed by atoms with Crippen LogP contribution in [-0.4, -0.2) is 0 Å². The zero-order valence-corrected chi connectivity index (χ0v) is 11.3. The molecule has 1 aromatic rings. The van der Waals surface area contributed by atoms with Crippen LogP contribution >= 0.6 is 11.6 Å². The van der Waals surface area contributed by atoms with Gasteiger partial charge in [0, 0.05) is 5.02 Å². The highest BCUT2D eigenvalue weighted by Gasteiger charge is 2.27. The van der Waals surface area contributed by atoms with Gasteiger partial charge in [-0.1, -0.05) is 37.6 Å². The lowest BCUT2D eigenvalue weighted by atomic mass is 9.71. The summed E-state index contributed by atoms with van der Waals surface area (Å²) in [7, 11) is 0. The molecule has 88 valence electrons. The van der Waals surface area contributed by atoms with E-state index < -0.39 is 0 Å². The van der Waals surface area contributed by atoms with Gasteiger partial charge < -0.3 is 0 Å². The lowest BCUT2D eigenvalue weighted by Gasteiger charge is -2.34. The summed E-state index contributed by atoms with van der Waals surface area (Å²) in [5, 5.41) is 0.889. The van der Waals surface area contributed by atoms with Crippen LogP contribution in [0.15, 0.2) is 18.2 Å². The number of halogens is 1. The van der Waals surface area contributed by atoms with E-state index in [9.17, 15) is 0 Å². The van der Waals surface area contributed by atoms with E-state index in [1.807, 2.05) is 6.07 Å². The van der Waals surface area contributed by atoms with Crippen molar-refractivity contribution in [3.8, 4) is 0 Å². The van der Waals surface area contributed by atoms with Gasteiger partial charge in [0.05, 0.1) is 0 Å². The normalized spacial score (nSPS) is 21.0. The highest BCUT2D eigenvalue weighted by molar-refractivity contribution is 6.31.